The van der Waals surface area contributed by atoms with Gasteiger partial charge in [-0.05, 0) is 218 Å². The molecule has 12 aliphatic carbocycles. The normalized spacial score (nSPS) is 57.8. The van der Waals surface area contributed by atoms with Crippen molar-refractivity contribution in [3.63, 3.8) is 0 Å². The molecule has 28 atom stereocenters. The van der Waals surface area contributed by atoms with Gasteiger partial charge >= 0.3 is 0 Å². The summed E-state index contributed by atoms with van der Waals surface area (Å²) in [5, 5.41) is 77.4. The predicted octanol–water partition coefficient (Wildman–Crippen LogP) is 9.01. The minimum atomic E-state index is -1.10. The SMILES string of the molecule is CC1([C@H]2CCC3C4CC5OC56C[C@@H](O)CC[C@]6(C)C4[C@@H](O)C[C@@]32C)OCCO1.CC1([C@H]2CCC3C4CC=C5C[C@@H](O)CC[C@]5(C)C4[C@@H](O)C[C@@]32C)OCCO1.CO[C@@H]1CC2C3CC[C@H](C4(C)OCCO4)[C@@]3(C)C[C@H](O)C2[C@@]2(C)CC[C@H](O)C[C@]12O. The quantitative estimate of drug-likeness (QED) is 0.103. The van der Waals surface area contributed by atoms with Gasteiger partial charge in [-0.1, -0.05) is 53.2 Å². The summed E-state index contributed by atoms with van der Waals surface area (Å²) in [5.41, 5.74) is -0.201. The second-order valence-corrected chi connectivity index (χ2v) is 33.8. The first-order valence-corrected chi connectivity index (χ1v) is 34.6. The van der Waals surface area contributed by atoms with Crippen LogP contribution in [-0.2, 0) is 37.9 Å². The second-order valence-electron chi connectivity index (χ2n) is 33.8. The maximum atomic E-state index is 11.9. The van der Waals surface area contributed by atoms with Crippen molar-refractivity contribution in [1.82, 2.24) is 0 Å². The number of hydrogen-bond acceptors (Lipinski definition) is 15. The molecule has 0 bridgehead atoms. The van der Waals surface area contributed by atoms with Gasteiger partial charge in [-0.25, -0.2) is 0 Å². The summed E-state index contributed by atoms with van der Waals surface area (Å²) in [6, 6.07) is 0. The van der Waals surface area contributed by atoms with E-state index in [9.17, 15) is 35.7 Å². The number of epoxide rings is 1. The lowest BCUT2D eigenvalue weighted by atomic mass is 9.41. The van der Waals surface area contributed by atoms with Crippen molar-refractivity contribution in [1.29, 1.82) is 0 Å². The van der Waals surface area contributed by atoms with E-state index in [2.05, 4.69) is 68.4 Å². The Morgan fingerprint density at radius 3 is 1.38 bits per heavy atom. The Kier molecular flexibility index (Phi) is 15.1. The van der Waals surface area contributed by atoms with Gasteiger partial charge in [0.25, 0.3) is 0 Å². The van der Waals surface area contributed by atoms with E-state index in [0.717, 1.165) is 109 Å². The van der Waals surface area contributed by atoms with Crippen LogP contribution in [-0.4, -0.2) is 160 Å². The van der Waals surface area contributed by atoms with Crippen LogP contribution in [0.25, 0.3) is 0 Å². The molecule has 1 spiro atoms. The molecular formula is C70H112O15. The van der Waals surface area contributed by atoms with Crippen molar-refractivity contribution in [2.75, 3.05) is 46.8 Å². The van der Waals surface area contributed by atoms with Crippen molar-refractivity contribution < 1.29 is 73.6 Å². The van der Waals surface area contributed by atoms with E-state index in [0.29, 0.717) is 106 Å². The van der Waals surface area contributed by atoms with E-state index in [4.69, 9.17) is 37.9 Å². The fourth-order valence-electron chi connectivity index (χ4n) is 27.0. The Bertz CT molecular complexity index is 2530. The molecule has 4 heterocycles. The third kappa shape index (κ3) is 8.75. The van der Waals surface area contributed by atoms with Crippen LogP contribution in [0.2, 0.25) is 0 Å². The molecule has 4 saturated heterocycles. The number of aliphatic hydroxyl groups excluding tert-OH is 6. The smallest absolute Gasteiger partial charge is 0.169 e. The first kappa shape index (κ1) is 61.6. The largest absolute Gasteiger partial charge is 0.393 e. The van der Waals surface area contributed by atoms with Crippen LogP contribution in [0.1, 0.15) is 197 Å². The average Bonchev–Trinajstić information content (AvgIpc) is 1.59. The number of fused-ring (bicyclic) bond motifs is 14. The highest BCUT2D eigenvalue weighted by molar-refractivity contribution is 5.29. The summed E-state index contributed by atoms with van der Waals surface area (Å²) in [4.78, 5) is 0. The maximum Gasteiger partial charge on any atom is 0.169 e. The van der Waals surface area contributed by atoms with E-state index in [1.165, 1.54) is 18.4 Å². The molecule has 15 nitrogen and oxygen atoms in total. The van der Waals surface area contributed by atoms with Gasteiger partial charge in [0.15, 0.2) is 17.4 Å². The Hall–Kier alpha value is -0.860. The summed E-state index contributed by atoms with van der Waals surface area (Å²) in [7, 11) is 1.68. The lowest BCUT2D eigenvalue weighted by Crippen LogP contribution is -2.71. The fourth-order valence-corrected chi connectivity index (χ4v) is 27.0. The van der Waals surface area contributed by atoms with Crippen molar-refractivity contribution in [2.45, 2.75) is 275 Å². The first-order valence-electron chi connectivity index (χ1n) is 34.6. The average molecular weight is 1190 g/mol. The zero-order chi connectivity index (χ0) is 60.1. The molecule has 7 N–H and O–H groups in total. The van der Waals surface area contributed by atoms with Gasteiger partial charge in [0.1, 0.15) is 5.60 Å². The Balaban J connectivity index is 0.000000113. The van der Waals surface area contributed by atoms with Crippen LogP contribution >= 0.6 is 0 Å². The summed E-state index contributed by atoms with van der Waals surface area (Å²) in [6.45, 7) is 24.3. The van der Waals surface area contributed by atoms with Crippen LogP contribution in [0.15, 0.2) is 11.6 Å². The highest BCUT2D eigenvalue weighted by atomic mass is 16.7. The minimum absolute atomic E-state index is 0.0110. The maximum absolute atomic E-state index is 11.9. The monoisotopic (exact) mass is 1190 g/mol. The van der Waals surface area contributed by atoms with Gasteiger partial charge in [-0.2, -0.15) is 0 Å². The van der Waals surface area contributed by atoms with E-state index < -0.39 is 40.6 Å². The molecular weight excluding hydrogens is 1080 g/mol. The molecule has 0 radical (unpaired) electrons. The van der Waals surface area contributed by atoms with Crippen LogP contribution in [0.4, 0.5) is 0 Å². The number of aliphatic hydroxyl groups is 7. The fraction of sp³-hybridized carbons (Fsp3) is 0.971. The van der Waals surface area contributed by atoms with E-state index in [1.54, 1.807) is 7.11 Å². The lowest BCUT2D eigenvalue weighted by Gasteiger charge is -2.67. The van der Waals surface area contributed by atoms with Gasteiger partial charge in [0.05, 0.1) is 94.1 Å². The van der Waals surface area contributed by atoms with Crippen molar-refractivity contribution in [3.8, 4) is 0 Å². The summed E-state index contributed by atoms with van der Waals surface area (Å²) >= 11 is 0. The van der Waals surface area contributed by atoms with Gasteiger partial charge < -0.3 is 73.6 Å². The molecule has 11 unspecified atom stereocenters. The van der Waals surface area contributed by atoms with Gasteiger partial charge in [-0.3, -0.25) is 0 Å². The molecule has 4 aliphatic heterocycles. The third-order valence-corrected chi connectivity index (χ3v) is 30.5. The molecule has 0 aromatic rings. The zero-order valence-corrected chi connectivity index (χ0v) is 53.6. The Morgan fingerprint density at radius 2 is 0.882 bits per heavy atom. The molecule has 16 rings (SSSR count). The lowest BCUT2D eigenvalue weighted by molar-refractivity contribution is -0.293. The molecule has 0 aromatic carbocycles. The van der Waals surface area contributed by atoms with Crippen LogP contribution in [0.3, 0.4) is 0 Å². The topological polar surface area (TPSA) is 219 Å². The second kappa shape index (κ2) is 20.8. The van der Waals surface area contributed by atoms with Gasteiger partial charge in [0, 0.05) is 48.5 Å². The van der Waals surface area contributed by atoms with Crippen LogP contribution in [0, 0.1) is 104 Å². The molecule has 85 heavy (non-hydrogen) atoms. The standard InChI is InChI=1S/C24H40O6.C23H36O5.C23H36O4/c1-21-13-17(26)20-15(16(21)5-6-18(21)23(3)29-9-10-30-23)11-19(28-4)24(27)12-14(25)7-8-22(20,24)2;1-20-12-16(25)19-14(15(20)4-5-17(20)22(3)26-8-9-27-22)10-18-23(28-18)11-13(24)6-7-21(19,23)2;1-21-9-8-15(24)12-14(21)4-5-16-17-6-7-19(23(3)26-10-11-27-23)22(17,2)13-18(25)20(16)21/h14-20,25-27H,5-13H2,1-4H3;13-19,24-25H,4-12H2,1-3H3;4,15-20,24-25H,5-13H2,1-3H3/t14-,15?,16?,17-,18-,19+,20?,21-,22+,24-;13-,14?,15?,16-,17-,18?,19?,20-,21+,23?;15-,16?,17?,18-,19-,20?,21-,22-/m000/s1. The number of rotatable bonds is 4. The van der Waals surface area contributed by atoms with Crippen molar-refractivity contribution in [2.24, 2.45) is 104 Å². The summed E-state index contributed by atoms with van der Waals surface area (Å²) < 4.78 is 48.8. The van der Waals surface area contributed by atoms with Gasteiger partial charge in [0.2, 0.25) is 0 Å². The minimum Gasteiger partial charge on any atom is -0.393 e. The van der Waals surface area contributed by atoms with Crippen LogP contribution in [0.5, 0.6) is 0 Å². The van der Waals surface area contributed by atoms with E-state index in [-0.39, 0.29) is 87.1 Å². The molecule has 15 heteroatoms. The summed E-state index contributed by atoms with van der Waals surface area (Å²) in [5.74, 6) is 3.08. The Labute approximate surface area is 508 Å². The van der Waals surface area contributed by atoms with E-state index in [1.807, 2.05) is 0 Å². The number of ether oxygens (including phenoxy) is 8. The number of methoxy groups -OCH3 is 1. The Morgan fingerprint density at radius 1 is 0.459 bits per heavy atom. The van der Waals surface area contributed by atoms with Gasteiger partial charge in [-0.15, -0.1) is 0 Å². The zero-order valence-electron chi connectivity index (χ0n) is 53.6. The molecule has 16 aliphatic rings. The molecule has 0 amide bonds. The number of allylic oxidation sites excluding steroid dienone is 1. The molecule has 15 fully saturated rings. The highest BCUT2D eigenvalue weighted by Gasteiger charge is 2.79. The molecule has 0 aromatic heterocycles. The van der Waals surface area contributed by atoms with Crippen molar-refractivity contribution in [3.05, 3.63) is 11.6 Å². The summed E-state index contributed by atoms with van der Waals surface area (Å²) in [6.07, 6.45) is 19.5. The third-order valence-electron chi connectivity index (χ3n) is 30.5. The molecule has 11 saturated carbocycles. The number of hydrogen-bond donors (Lipinski definition) is 7. The highest BCUT2D eigenvalue weighted by Crippen LogP contribution is 2.76. The predicted molar refractivity (Wildman–Crippen MR) is 316 cm³/mol. The first-order chi connectivity index (χ1) is 40.1. The van der Waals surface area contributed by atoms with Crippen molar-refractivity contribution >= 4 is 0 Å². The van der Waals surface area contributed by atoms with E-state index >= 15 is 0 Å². The molecule has 482 valence electrons. The van der Waals surface area contributed by atoms with Crippen LogP contribution < -0.4 is 0 Å².